The van der Waals surface area contributed by atoms with Gasteiger partial charge in [0.1, 0.15) is 5.78 Å². The normalized spacial score (nSPS) is 21.3. The first kappa shape index (κ1) is 33.6. The van der Waals surface area contributed by atoms with Crippen molar-refractivity contribution in [1.82, 2.24) is 0 Å². The van der Waals surface area contributed by atoms with Gasteiger partial charge in [-0.2, -0.15) is 0 Å². The number of unbranched alkanes of at least 4 members (excludes halogenated alkanes) is 3. The Morgan fingerprint density at radius 3 is 2.64 bits per heavy atom. The zero-order valence-electron chi connectivity index (χ0n) is 26.9. The van der Waals surface area contributed by atoms with E-state index in [4.69, 9.17) is 0 Å². The Balaban J connectivity index is 0.000000304. The zero-order valence-corrected chi connectivity index (χ0v) is 26.9. The number of Topliss-reactive ketones (excluding diaryl/α,β-unsaturated/α-hetero) is 1. The van der Waals surface area contributed by atoms with Crippen molar-refractivity contribution in [2.75, 3.05) is 0 Å². The molecule has 0 N–H and O–H groups in total. The molecule has 228 valence electrons. The fourth-order valence-corrected chi connectivity index (χ4v) is 6.81. The average molecular weight is 567 g/mol. The summed E-state index contributed by atoms with van der Waals surface area (Å²) >= 11 is 0. The van der Waals surface area contributed by atoms with E-state index < -0.39 is 0 Å². The van der Waals surface area contributed by atoms with Crippen molar-refractivity contribution >= 4 is 5.78 Å². The van der Waals surface area contributed by atoms with Crippen LogP contribution in [0.4, 0.5) is 0 Å². The fraction of sp³-hybridized carbons (Fsp3) is 0.488. The van der Waals surface area contributed by atoms with Crippen molar-refractivity contribution in [1.29, 1.82) is 0 Å². The lowest BCUT2D eigenvalue weighted by Crippen LogP contribution is -2.27. The maximum Gasteiger partial charge on any atom is 0.139 e. The van der Waals surface area contributed by atoms with Crippen LogP contribution in [0.2, 0.25) is 0 Å². The van der Waals surface area contributed by atoms with E-state index in [0.29, 0.717) is 17.6 Å². The molecule has 0 saturated heterocycles. The molecule has 2 unspecified atom stereocenters. The van der Waals surface area contributed by atoms with E-state index >= 15 is 0 Å². The molecule has 42 heavy (non-hydrogen) atoms. The highest BCUT2D eigenvalue weighted by atomic mass is 16.1. The van der Waals surface area contributed by atoms with E-state index in [2.05, 4.69) is 93.8 Å². The third kappa shape index (κ3) is 10.4. The topological polar surface area (TPSA) is 17.1 Å². The number of allylic oxidation sites excluding steroid dienone is 18. The summed E-state index contributed by atoms with van der Waals surface area (Å²) in [6.45, 7) is 14.5. The molecule has 0 amide bonds. The van der Waals surface area contributed by atoms with Gasteiger partial charge in [-0.3, -0.25) is 4.79 Å². The molecule has 0 spiro atoms. The van der Waals surface area contributed by atoms with Gasteiger partial charge in [0.25, 0.3) is 0 Å². The summed E-state index contributed by atoms with van der Waals surface area (Å²) in [5.74, 6) is 1.73. The molecule has 0 bridgehead atoms. The summed E-state index contributed by atoms with van der Waals surface area (Å²) in [5.41, 5.74) is 7.94. The predicted octanol–water partition coefficient (Wildman–Crippen LogP) is 12.3. The number of rotatable bonds is 13. The molecule has 1 saturated carbocycles. The van der Waals surface area contributed by atoms with E-state index in [9.17, 15) is 4.79 Å². The molecular weight excluding hydrogens is 508 g/mol. The van der Waals surface area contributed by atoms with Gasteiger partial charge in [-0.05, 0) is 92.1 Å². The van der Waals surface area contributed by atoms with E-state index in [-0.39, 0.29) is 7.34 Å². The molecule has 4 aliphatic rings. The van der Waals surface area contributed by atoms with E-state index in [1.165, 1.54) is 84.8 Å². The quantitative estimate of drug-likeness (QED) is 0.203. The molecule has 4 aliphatic carbocycles. The van der Waals surface area contributed by atoms with Gasteiger partial charge in [-0.25, -0.2) is 0 Å². The Bertz CT molecular complexity index is 1170. The van der Waals surface area contributed by atoms with Gasteiger partial charge in [0, 0.05) is 13.3 Å². The van der Waals surface area contributed by atoms with Crippen LogP contribution in [0.1, 0.15) is 112 Å². The Morgan fingerprint density at radius 1 is 1.10 bits per heavy atom. The number of hydrogen-bond donors (Lipinski definition) is 0. The van der Waals surface area contributed by atoms with Crippen LogP contribution >= 0.6 is 0 Å². The second kappa shape index (κ2) is 18.6. The van der Waals surface area contributed by atoms with E-state index in [1.54, 1.807) is 0 Å². The van der Waals surface area contributed by atoms with Crippen molar-refractivity contribution in [2.24, 2.45) is 17.8 Å². The standard InChI is InChI=1S/C23H36O.C18H20.H2/c1-3-4-5-10-17-22(21-15-11-12-16-21)23(24)19(2)18-20-13-8-6-7-9-14-20;1-4-6-10-17-14(3)11-12-18(17)16-9-7-8-15(5-2)13-16;/h6-9,13,19,21-22H,3-5,10-12,14-18H2,1-2H3;4-6,8,10,12-13H,2-3,7,9,11H2,1H3;1H/b;6-4-,17-10+;. The molecule has 4 rings (SSSR count). The van der Waals surface area contributed by atoms with Gasteiger partial charge in [0.15, 0.2) is 0 Å². The lowest BCUT2D eigenvalue weighted by molar-refractivity contribution is -0.128. The van der Waals surface area contributed by atoms with Crippen molar-refractivity contribution in [3.05, 3.63) is 120 Å². The Hall–Kier alpha value is -2.93. The lowest BCUT2D eigenvalue weighted by atomic mass is 9.78. The molecule has 0 heterocycles. The minimum Gasteiger partial charge on any atom is -0.299 e. The fourth-order valence-electron chi connectivity index (χ4n) is 6.81. The number of ketones is 1. The van der Waals surface area contributed by atoms with Crippen molar-refractivity contribution in [3.63, 3.8) is 0 Å². The Labute approximate surface area is 259 Å². The monoisotopic (exact) mass is 566 g/mol. The first-order valence-corrected chi connectivity index (χ1v) is 16.8. The highest BCUT2D eigenvalue weighted by molar-refractivity contribution is 5.83. The number of carbonyl (C=O) groups is 1. The van der Waals surface area contributed by atoms with Crippen LogP contribution in [-0.2, 0) is 4.79 Å². The van der Waals surface area contributed by atoms with Crippen molar-refractivity contribution in [2.45, 2.75) is 111 Å². The summed E-state index contributed by atoms with van der Waals surface area (Å²) < 4.78 is 0. The van der Waals surface area contributed by atoms with Crippen LogP contribution < -0.4 is 0 Å². The van der Waals surface area contributed by atoms with Crippen LogP contribution in [0.3, 0.4) is 0 Å². The van der Waals surface area contributed by atoms with E-state index in [1.807, 2.05) is 13.0 Å². The van der Waals surface area contributed by atoms with Gasteiger partial charge in [-0.1, -0.05) is 144 Å². The van der Waals surface area contributed by atoms with Crippen LogP contribution in [0.25, 0.3) is 0 Å². The lowest BCUT2D eigenvalue weighted by Gasteiger charge is -2.26. The smallest absolute Gasteiger partial charge is 0.139 e. The van der Waals surface area contributed by atoms with Crippen LogP contribution in [0, 0.1) is 17.8 Å². The number of hydrogen-bond acceptors (Lipinski definition) is 1. The maximum atomic E-state index is 13.2. The van der Waals surface area contributed by atoms with Crippen molar-refractivity contribution in [3.8, 4) is 0 Å². The molecule has 1 heteroatoms. The molecule has 1 nitrogen and oxygen atoms in total. The molecule has 0 aromatic heterocycles. The summed E-state index contributed by atoms with van der Waals surface area (Å²) in [6, 6.07) is 0. The predicted molar refractivity (Wildman–Crippen MR) is 186 cm³/mol. The summed E-state index contributed by atoms with van der Waals surface area (Å²) in [4.78, 5) is 13.2. The molecule has 0 aromatic rings. The third-order valence-electron chi connectivity index (χ3n) is 9.22. The minimum absolute atomic E-state index is 0. The van der Waals surface area contributed by atoms with Crippen LogP contribution in [0.5, 0.6) is 0 Å². The molecule has 0 aliphatic heterocycles. The van der Waals surface area contributed by atoms with Crippen LogP contribution in [0.15, 0.2) is 120 Å². The molecule has 0 radical (unpaired) electrons. The summed E-state index contributed by atoms with van der Waals surface area (Å²) in [7, 11) is 0. The minimum atomic E-state index is 0. The Morgan fingerprint density at radius 2 is 1.90 bits per heavy atom. The zero-order chi connectivity index (χ0) is 30.2. The highest BCUT2D eigenvalue weighted by Crippen LogP contribution is 2.38. The van der Waals surface area contributed by atoms with Gasteiger partial charge < -0.3 is 0 Å². The van der Waals surface area contributed by atoms with Crippen LogP contribution in [-0.4, -0.2) is 5.78 Å². The third-order valence-corrected chi connectivity index (χ3v) is 9.22. The van der Waals surface area contributed by atoms with Gasteiger partial charge in [0.2, 0.25) is 0 Å². The maximum absolute atomic E-state index is 13.2. The summed E-state index contributed by atoms with van der Waals surface area (Å²) in [6.07, 6.45) is 42.3. The molecular formula is C41H58O. The number of carbonyl (C=O) groups excluding carboxylic acids is 1. The van der Waals surface area contributed by atoms with Gasteiger partial charge >= 0.3 is 0 Å². The van der Waals surface area contributed by atoms with Gasteiger partial charge in [-0.15, -0.1) is 0 Å². The molecule has 2 atom stereocenters. The van der Waals surface area contributed by atoms with Gasteiger partial charge in [0.05, 0.1) is 0 Å². The Kier molecular flexibility index (Phi) is 14.8. The summed E-state index contributed by atoms with van der Waals surface area (Å²) in [5, 5.41) is 0. The molecule has 1 fully saturated rings. The average Bonchev–Trinajstić information content (AvgIpc) is 3.60. The first-order valence-electron chi connectivity index (χ1n) is 16.8. The second-order valence-electron chi connectivity index (χ2n) is 12.5. The largest absolute Gasteiger partial charge is 0.299 e. The second-order valence-corrected chi connectivity index (χ2v) is 12.5. The van der Waals surface area contributed by atoms with E-state index in [0.717, 1.165) is 38.5 Å². The van der Waals surface area contributed by atoms with Crippen molar-refractivity contribution < 1.29 is 6.22 Å². The SMILES string of the molecule is C=CC1=CCCC(C2=CCC(=C)/C2=C\C=C/C)=C1.CCCCCCC(C(=O)C(C)CC1=CC=CC=CC1)C1CCCC1.[HH]. The first-order chi connectivity index (χ1) is 20.5. The molecule has 0 aromatic carbocycles. The highest BCUT2D eigenvalue weighted by Gasteiger charge is 2.32.